The molecule has 0 aliphatic carbocycles. The van der Waals surface area contributed by atoms with E-state index in [0.29, 0.717) is 5.92 Å². The van der Waals surface area contributed by atoms with Gasteiger partial charge in [-0.05, 0) is 31.0 Å². The predicted octanol–water partition coefficient (Wildman–Crippen LogP) is 4.80. The summed E-state index contributed by atoms with van der Waals surface area (Å²) in [7, 11) is 1.69. The van der Waals surface area contributed by atoms with Crippen LogP contribution in [-0.2, 0) is 0 Å². The maximum atomic E-state index is 5.38. The monoisotopic (exact) mass is 298 g/mol. The number of thiazole rings is 1. The molecule has 4 heteroatoms. The van der Waals surface area contributed by atoms with Crippen LogP contribution in [-0.4, -0.2) is 17.1 Å². The molecule has 21 heavy (non-hydrogen) atoms. The summed E-state index contributed by atoms with van der Waals surface area (Å²) in [5.41, 5.74) is 4.10. The smallest absolute Gasteiger partial charge is 0.142 e. The largest absolute Gasteiger partial charge is 0.496 e. The SMILES string of the molecule is COc1ccc2ccc(-c3nc(C(C)C)cs3)nc2c1C. The average Bonchev–Trinajstić information content (AvgIpc) is 2.97. The number of pyridine rings is 1. The molecule has 2 aromatic heterocycles. The zero-order valence-corrected chi connectivity index (χ0v) is 13.5. The van der Waals surface area contributed by atoms with Gasteiger partial charge in [-0.3, -0.25) is 0 Å². The number of rotatable bonds is 3. The molecule has 3 aromatic rings. The lowest BCUT2D eigenvalue weighted by molar-refractivity contribution is 0.412. The van der Waals surface area contributed by atoms with Crippen LogP contribution in [0.1, 0.15) is 31.0 Å². The number of hydrogen-bond donors (Lipinski definition) is 0. The van der Waals surface area contributed by atoms with Gasteiger partial charge in [-0.25, -0.2) is 9.97 Å². The molecule has 0 aliphatic rings. The Morgan fingerprint density at radius 3 is 2.52 bits per heavy atom. The van der Waals surface area contributed by atoms with Crippen LogP contribution in [0.2, 0.25) is 0 Å². The second-order valence-electron chi connectivity index (χ2n) is 5.39. The molecule has 2 heterocycles. The zero-order valence-electron chi connectivity index (χ0n) is 12.7. The third-order valence-corrected chi connectivity index (χ3v) is 4.50. The highest BCUT2D eigenvalue weighted by molar-refractivity contribution is 7.13. The summed E-state index contributed by atoms with van der Waals surface area (Å²) in [5.74, 6) is 1.31. The Morgan fingerprint density at radius 1 is 1.10 bits per heavy atom. The number of ether oxygens (including phenoxy) is 1. The summed E-state index contributed by atoms with van der Waals surface area (Å²) >= 11 is 1.65. The van der Waals surface area contributed by atoms with Crippen LogP contribution >= 0.6 is 11.3 Å². The highest BCUT2D eigenvalue weighted by atomic mass is 32.1. The zero-order chi connectivity index (χ0) is 15.0. The molecule has 0 N–H and O–H groups in total. The van der Waals surface area contributed by atoms with Crippen LogP contribution in [0, 0.1) is 6.92 Å². The Bertz CT molecular complexity index is 793. The minimum absolute atomic E-state index is 0.442. The molecule has 0 fully saturated rings. The van der Waals surface area contributed by atoms with Crippen LogP contribution in [0.4, 0.5) is 0 Å². The number of aromatic nitrogens is 2. The van der Waals surface area contributed by atoms with Crippen LogP contribution in [0.3, 0.4) is 0 Å². The van der Waals surface area contributed by atoms with Gasteiger partial charge in [0.25, 0.3) is 0 Å². The van der Waals surface area contributed by atoms with Gasteiger partial charge in [-0.15, -0.1) is 11.3 Å². The molecular formula is C17H18N2OS. The number of hydrogen-bond acceptors (Lipinski definition) is 4. The number of fused-ring (bicyclic) bond motifs is 1. The highest BCUT2D eigenvalue weighted by Crippen LogP contribution is 2.30. The van der Waals surface area contributed by atoms with E-state index in [1.807, 2.05) is 25.1 Å². The molecule has 0 saturated carbocycles. The first-order chi connectivity index (χ1) is 10.1. The van der Waals surface area contributed by atoms with Gasteiger partial charge < -0.3 is 4.74 Å². The van der Waals surface area contributed by atoms with Crippen LogP contribution in [0.5, 0.6) is 5.75 Å². The predicted molar refractivity (Wildman–Crippen MR) is 88.2 cm³/mol. The van der Waals surface area contributed by atoms with Crippen molar-refractivity contribution in [2.45, 2.75) is 26.7 Å². The van der Waals surface area contributed by atoms with Crippen molar-refractivity contribution in [3.8, 4) is 16.5 Å². The van der Waals surface area contributed by atoms with Crippen molar-refractivity contribution >= 4 is 22.2 Å². The van der Waals surface area contributed by atoms with E-state index in [2.05, 4.69) is 30.3 Å². The lowest BCUT2D eigenvalue weighted by Crippen LogP contribution is -1.92. The van der Waals surface area contributed by atoms with E-state index in [9.17, 15) is 0 Å². The Labute approximate surface area is 128 Å². The molecule has 0 aliphatic heterocycles. The van der Waals surface area contributed by atoms with Crippen molar-refractivity contribution < 1.29 is 4.74 Å². The summed E-state index contributed by atoms with van der Waals surface area (Å²) in [5, 5.41) is 4.21. The summed E-state index contributed by atoms with van der Waals surface area (Å²) < 4.78 is 5.38. The maximum Gasteiger partial charge on any atom is 0.142 e. The molecule has 0 bridgehead atoms. The number of nitrogens with zero attached hydrogens (tertiary/aromatic N) is 2. The van der Waals surface area contributed by atoms with Crippen molar-refractivity contribution in [1.29, 1.82) is 0 Å². The van der Waals surface area contributed by atoms with Crippen molar-refractivity contribution in [3.63, 3.8) is 0 Å². The van der Waals surface area contributed by atoms with Crippen molar-refractivity contribution in [2.75, 3.05) is 7.11 Å². The second-order valence-corrected chi connectivity index (χ2v) is 6.25. The van der Waals surface area contributed by atoms with E-state index in [4.69, 9.17) is 9.72 Å². The van der Waals surface area contributed by atoms with Gasteiger partial charge in [0.2, 0.25) is 0 Å². The molecule has 108 valence electrons. The van der Waals surface area contributed by atoms with Crippen LogP contribution in [0.15, 0.2) is 29.6 Å². The topological polar surface area (TPSA) is 35.0 Å². The molecule has 3 nitrogen and oxygen atoms in total. The second kappa shape index (κ2) is 5.45. The highest BCUT2D eigenvalue weighted by Gasteiger charge is 2.11. The van der Waals surface area contributed by atoms with Crippen molar-refractivity contribution in [1.82, 2.24) is 9.97 Å². The van der Waals surface area contributed by atoms with E-state index < -0.39 is 0 Å². The Morgan fingerprint density at radius 2 is 1.86 bits per heavy atom. The lowest BCUT2D eigenvalue weighted by atomic mass is 10.1. The minimum Gasteiger partial charge on any atom is -0.496 e. The Balaban J connectivity index is 2.13. The fourth-order valence-corrected chi connectivity index (χ4v) is 3.27. The molecule has 3 rings (SSSR count). The number of benzene rings is 1. The number of aryl methyl sites for hydroxylation is 1. The fourth-order valence-electron chi connectivity index (χ4n) is 2.32. The first-order valence-electron chi connectivity index (χ1n) is 7.00. The molecule has 0 spiro atoms. The van der Waals surface area contributed by atoms with Gasteiger partial charge in [-0.1, -0.05) is 19.9 Å². The van der Waals surface area contributed by atoms with Crippen LogP contribution < -0.4 is 4.74 Å². The Kier molecular flexibility index (Phi) is 3.64. The Hall–Kier alpha value is -1.94. The van der Waals surface area contributed by atoms with Gasteiger partial charge in [0.1, 0.15) is 10.8 Å². The average molecular weight is 298 g/mol. The summed E-state index contributed by atoms with van der Waals surface area (Å²) in [6.07, 6.45) is 0. The fraction of sp³-hybridized carbons (Fsp3) is 0.294. The van der Waals surface area contributed by atoms with Gasteiger partial charge in [0.05, 0.1) is 24.0 Å². The quantitative estimate of drug-likeness (QED) is 0.696. The van der Waals surface area contributed by atoms with E-state index in [-0.39, 0.29) is 0 Å². The van der Waals surface area contributed by atoms with Crippen LogP contribution in [0.25, 0.3) is 21.6 Å². The van der Waals surface area contributed by atoms with Crippen molar-refractivity contribution in [2.24, 2.45) is 0 Å². The van der Waals surface area contributed by atoms with Gasteiger partial charge in [-0.2, -0.15) is 0 Å². The normalized spacial score (nSPS) is 11.3. The third kappa shape index (κ3) is 2.51. The van der Waals surface area contributed by atoms with E-state index >= 15 is 0 Å². The summed E-state index contributed by atoms with van der Waals surface area (Å²) in [6, 6.07) is 8.16. The van der Waals surface area contributed by atoms with E-state index in [0.717, 1.165) is 38.6 Å². The lowest BCUT2D eigenvalue weighted by Gasteiger charge is -2.08. The van der Waals surface area contributed by atoms with Gasteiger partial charge >= 0.3 is 0 Å². The summed E-state index contributed by atoms with van der Waals surface area (Å²) in [6.45, 7) is 6.35. The van der Waals surface area contributed by atoms with Gasteiger partial charge in [0, 0.05) is 16.3 Å². The van der Waals surface area contributed by atoms with E-state index in [1.54, 1.807) is 18.4 Å². The molecule has 0 unspecified atom stereocenters. The van der Waals surface area contributed by atoms with Gasteiger partial charge in [0.15, 0.2) is 0 Å². The molecule has 0 amide bonds. The molecule has 0 atom stereocenters. The number of methoxy groups -OCH3 is 1. The minimum atomic E-state index is 0.442. The molecule has 0 radical (unpaired) electrons. The first kappa shape index (κ1) is 14.0. The van der Waals surface area contributed by atoms with Crippen molar-refractivity contribution in [3.05, 3.63) is 40.9 Å². The molecule has 1 aromatic carbocycles. The third-order valence-electron chi connectivity index (χ3n) is 3.62. The standard InChI is InChI=1S/C17H18N2OS/c1-10(2)14-9-21-17(19-14)13-7-5-12-6-8-15(20-4)11(3)16(12)18-13/h5-10H,1-4H3. The van der Waals surface area contributed by atoms with E-state index in [1.165, 1.54) is 0 Å². The summed E-state index contributed by atoms with van der Waals surface area (Å²) in [4.78, 5) is 9.48. The molecule has 0 saturated heterocycles. The first-order valence-corrected chi connectivity index (χ1v) is 7.88. The molecular weight excluding hydrogens is 280 g/mol. The maximum absolute atomic E-state index is 5.38.